The summed E-state index contributed by atoms with van der Waals surface area (Å²) in [5.74, 6) is -0.523. The van der Waals surface area contributed by atoms with Gasteiger partial charge in [-0.05, 0) is 12.8 Å². The highest BCUT2D eigenvalue weighted by Gasteiger charge is 2.28. The van der Waals surface area contributed by atoms with Crippen LogP contribution in [0.5, 0.6) is 0 Å². The molecule has 1 rings (SSSR count). The van der Waals surface area contributed by atoms with E-state index in [0.717, 1.165) is 12.8 Å². The largest absolute Gasteiger partial charge is 0.427 e. The highest BCUT2D eigenvalue weighted by atomic mass is 16.6. The summed E-state index contributed by atoms with van der Waals surface area (Å²) >= 11 is 0. The molecule has 1 aliphatic heterocycles. The lowest BCUT2D eigenvalue weighted by Crippen LogP contribution is -2.27. The van der Waals surface area contributed by atoms with Gasteiger partial charge in [-0.1, -0.05) is 27.2 Å². The predicted molar refractivity (Wildman–Crippen MR) is 70.8 cm³/mol. The molecule has 5 heteroatoms. The monoisotopic (exact) mass is 267 g/mol. The summed E-state index contributed by atoms with van der Waals surface area (Å²) in [4.78, 5) is 29.0. The van der Waals surface area contributed by atoms with Gasteiger partial charge in [0.1, 0.15) is 11.3 Å². The lowest BCUT2D eigenvalue weighted by atomic mass is 10.0. The van der Waals surface area contributed by atoms with Crippen molar-refractivity contribution in [1.29, 1.82) is 0 Å². The smallest absolute Gasteiger partial charge is 0.349 e. The predicted octanol–water partition coefficient (Wildman–Crippen LogP) is 2.39. The van der Waals surface area contributed by atoms with Crippen LogP contribution in [-0.4, -0.2) is 18.4 Å². The number of nitrogens with one attached hydrogen (secondary N) is 1. The Morgan fingerprint density at radius 2 is 2.05 bits per heavy atom. The maximum absolute atomic E-state index is 11.9. The Morgan fingerprint density at radius 3 is 2.58 bits per heavy atom. The lowest BCUT2D eigenvalue weighted by Gasteiger charge is -2.17. The van der Waals surface area contributed by atoms with Gasteiger partial charge in [0.05, 0.1) is 12.3 Å². The zero-order valence-corrected chi connectivity index (χ0v) is 11.7. The number of carbonyl (C=O) groups is 2. The highest BCUT2D eigenvalue weighted by molar-refractivity contribution is 6.24. The molecule has 19 heavy (non-hydrogen) atoms. The summed E-state index contributed by atoms with van der Waals surface area (Å²) in [7, 11) is 0. The molecule has 0 saturated heterocycles. The second-order valence-corrected chi connectivity index (χ2v) is 4.23. The van der Waals surface area contributed by atoms with E-state index in [1.54, 1.807) is 0 Å². The van der Waals surface area contributed by atoms with E-state index in [9.17, 15) is 9.59 Å². The number of ketones is 1. The Balaban J connectivity index is 2.82. The molecule has 0 amide bonds. The third-order valence-electron chi connectivity index (χ3n) is 2.77. The minimum absolute atomic E-state index is 0.0381. The van der Waals surface area contributed by atoms with Crippen LogP contribution in [-0.2, 0) is 19.2 Å². The van der Waals surface area contributed by atoms with Crippen molar-refractivity contribution in [3.8, 4) is 0 Å². The second kappa shape index (κ2) is 7.74. The number of unbranched alkanes of at least 4 members (excludes halogenated alkanes) is 1. The lowest BCUT2D eigenvalue weighted by molar-refractivity contribution is -0.138. The van der Waals surface area contributed by atoms with Crippen molar-refractivity contribution < 1.29 is 19.2 Å². The van der Waals surface area contributed by atoms with E-state index in [0.29, 0.717) is 30.9 Å². The van der Waals surface area contributed by atoms with E-state index >= 15 is 0 Å². The molecule has 0 spiro atoms. The first kappa shape index (κ1) is 15.4. The molecule has 0 radical (unpaired) electrons. The Morgan fingerprint density at radius 1 is 1.32 bits per heavy atom. The van der Waals surface area contributed by atoms with Crippen LogP contribution < -0.4 is 5.48 Å². The van der Waals surface area contributed by atoms with Gasteiger partial charge in [-0.15, -0.1) is 0 Å². The van der Waals surface area contributed by atoms with Gasteiger partial charge in [0, 0.05) is 12.5 Å². The number of hydrogen-bond acceptors (Lipinski definition) is 5. The summed E-state index contributed by atoms with van der Waals surface area (Å²) in [5.41, 5.74) is 3.20. The summed E-state index contributed by atoms with van der Waals surface area (Å²) < 4.78 is 5.08. The first-order valence-electron chi connectivity index (χ1n) is 6.72. The minimum atomic E-state index is -0.604. The van der Waals surface area contributed by atoms with Gasteiger partial charge < -0.3 is 4.74 Å². The van der Waals surface area contributed by atoms with E-state index in [4.69, 9.17) is 9.57 Å². The summed E-state index contributed by atoms with van der Waals surface area (Å²) in [6.07, 6.45) is 4.31. The van der Waals surface area contributed by atoms with Crippen LogP contribution in [0.2, 0.25) is 0 Å². The maximum Gasteiger partial charge on any atom is 0.349 e. The van der Waals surface area contributed by atoms with Crippen LogP contribution >= 0.6 is 0 Å². The molecule has 0 aromatic carbocycles. The van der Waals surface area contributed by atoms with E-state index in [1.807, 2.05) is 13.8 Å². The maximum atomic E-state index is 11.9. The standard InChI is InChI=1S/C14H21NO4/c1-4-7-8-18-15-11(6-3)13-12(16)9-10(5-2)19-14(13)17/h9,15H,4-8H2,1-3H3. The van der Waals surface area contributed by atoms with Crippen molar-refractivity contribution in [3.05, 3.63) is 23.1 Å². The van der Waals surface area contributed by atoms with E-state index in [2.05, 4.69) is 12.4 Å². The van der Waals surface area contributed by atoms with Crippen molar-refractivity contribution in [1.82, 2.24) is 5.48 Å². The molecule has 0 unspecified atom stereocenters. The summed E-state index contributed by atoms with van der Waals surface area (Å²) in [5, 5.41) is 0. The first-order chi connectivity index (χ1) is 9.13. The number of cyclic esters (lactones) is 1. The van der Waals surface area contributed by atoms with Crippen LogP contribution in [0.3, 0.4) is 0 Å². The van der Waals surface area contributed by atoms with Crippen molar-refractivity contribution in [2.24, 2.45) is 0 Å². The Labute approximate surface area is 113 Å². The average molecular weight is 267 g/mol. The fourth-order valence-electron chi connectivity index (χ4n) is 1.62. The zero-order valence-electron chi connectivity index (χ0n) is 11.7. The van der Waals surface area contributed by atoms with Crippen LogP contribution in [0.1, 0.15) is 46.5 Å². The third kappa shape index (κ3) is 4.21. The molecule has 0 atom stereocenters. The molecule has 0 aromatic heterocycles. The number of esters is 1. The van der Waals surface area contributed by atoms with Gasteiger partial charge >= 0.3 is 5.97 Å². The molecule has 0 saturated carbocycles. The number of allylic oxidation sites excluding steroid dienone is 3. The topological polar surface area (TPSA) is 64.6 Å². The summed E-state index contributed by atoms with van der Waals surface area (Å²) in [6, 6.07) is 0. The normalized spacial score (nSPS) is 17.9. The fraction of sp³-hybridized carbons (Fsp3) is 0.571. The van der Waals surface area contributed by atoms with Gasteiger partial charge in [-0.3, -0.25) is 15.1 Å². The van der Waals surface area contributed by atoms with Crippen molar-refractivity contribution in [2.45, 2.75) is 46.5 Å². The van der Waals surface area contributed by atoms with Crippen LogP contribution in [0.15, 0.2) is 23.1 Å². The average Bonchev–Trinajstić information content (AvgIpc) is 2.40. The van der Waals surface area contributed by atoms with Crippen LogP contribution in [0, 0.1) is 0 Å². The molecule has 1 N–H and O–H groups in total. The number of hydroxylamine groups is 1. The quantitative estimate of drug-likeness (QED) is 0.252. The molecular weight excluding hydrogens is 246 g/mol. The van der Waals surface area contributed by atoms with E-state index in [1.165, 1.54) is 6.08 Å². The number of ether oxygens (including phenoxy) is 1. The van der Waals surface area contributed by atoms with Crippen molar-refractivity contribution in [2.75, 3.05) is 6.61 Å². The van der Waals surface area contributed by atoms with Crippen molar-refractivity contribution in [3.63, 3.8) is 0 Å². The number of hydrogen-bond donors (Lipinski definition) is 1. The van der Waals surface area contributed by atoms with E-state index in [-0.39, 0.29) is 11.4 Å². The van der Waals surface area contributed by atoms with Crippen molar-refractivity contribution >= 4 is 11.8 Å². The second-order valence-electron chi connectivity index (χ2n) is 4.23. The van der Waals surface area contributed by atoms with Gasteiger partial charge in [0.2, 0.25) is 0 Å². The van der Waals surface area contributed by atoms with Crippen LogP contribution in [0.25, 0.3) is 0 Å². The number of carbonyl (C=O) groups excluding carboxylic acids is 2. The fourth-order valence-corrected chi connectivity index (χ4v) is 1.62. The van der Waals surface area contributed by atoms with Gasteiger partial charge in [0.25, 0.3) is 0 Å². The molecule has 1 heterocycles. The Hall–Kier alpha value is -1.62. The Kier molecular flexibility index (Phi) is 6.29. The molecular formula is C14H21NO4. The third-order valence-corrected chi connectivity index (χ3v) is 2.77. The zero-order chi connectivity index (χ0) is 14.3. The van der Waals surface area contributed by atoms with Gasteiger partial charge in [0.15, 0.2) is 5.78 Å². The molecule has 106 valence electrons. The molecule has 1 aliphatic rings. The highest BCUT2D eigenvalue weighted by Crippen LogP contribution is 2.20. The molecule has 0 aromatic rings. The van der Waals surface area contributed by atoms with Crippen LogP contribution in [0.4, 0.5) is 0 Å². The van der Waals surface area contributed by atoms with E-state index < -0.39 is 5.97 Å². The molecule has 0 aliphatic carbocycles. The SMILES string of the molecule is CCCCONC(CC)=C1C(=O)C=C(CC)OC1=O. The first-order valence-corrected chi connectivity index (χ1v) is 6.72. The Bertz CT molecular complexity index is 410. The minimum Gasteiger partial charge on any atom is -0.427 e. The van der Waals surface area contributed by atoms with Gasteiger partial charge in [-0.2, -0.15) is 0 Å². The molecule has 0 fully saturated rings. The molecule has 5 nitrogen and oxygen atoms in total. The van der Waals surface area contributed by atoms with Gasteiger partial charge in [-0.25, -0.2) is 4.79 Å². The number of rotatable bonds is 7. The summed E-state index contributed by atoms with van der Waals surface area (Å²) in [6.45, 7) is 6.26. The molecule has 0 bridgehead atoms.